The summed E-state index contributed by atoms with van der Waals surface area (Å²) in [7, 11) is 0. The van der Waals surface area contributed by atoms with Crippen LogP contribution in [0.4, 0.5) is 0 Å². The third-order valence-corrected chi connectivity index (χ3v) is 2.17. The van der Waals surface area contributed by atoms with Gasteiger partial charge in [0.25, 0.3) is 0 Å². The second-order valence-electron chi connectivity index (χ2n) is 2.77. The molecule has 0 bridgehead atoms. The molecule has 0 unspecified atom stereocenters. The second kappa shape index (κ2) is 1.48. The molecular weight excluding hydrogens is 118 g/mol. The van der Waals surface area contributed by atoms with Gasteiger partial charge >= 0.3 is 5.97 Å². The summed E-state index contributed by atoms with van der Waals surface area (Å²) in [6, 6.07) is 0. The van der Waals surface area contributed by atoms with E-state index in [-0.39, 0.29) is 11.4 Å². The molecule has 1 N–H and O–H groups in total. The predicted molar refractivity (Wildman–Crippen MR) is 30.9 cm³/mol. The number of carbonyl (C=O) groups excluding carboxylic acids is 1. The maximum absolute atomic E-state index is 10.9. The smallest absolute Gasteiger partial charge is 0.314 e. The lowest BCUT2D eigenvalue weighted by molar-refractivity contribution is -0.148. The van der Waals surface area contributed by atoms with Crippen molar-refractivity contribution >= 4 is 5.97 Å². The zero-order valence-corrected chi connectivity index (χ0v) is 5.14. The standard InChI is InChI=1S/C6H9NO2/c8-5-6(1-2-9-5)3-7-4-6/h7H,1-4H2. The zero-order chi connectivity index (χ0) is 6.32. The Morgan fingerprint density at radius 1 is 1.56 bits per heavy atom. The lowest BCUT2D eigenvalue weighted by Crippen LogP contribution is -2.55. The molecule has 2 aliphatic rings. The van der Waals surface area contributed by atoms with Gasteiger partial charge in [0.2, 0.25) is 0 Å². The van der Waals surface area contributed by atoms with E-state index in [1.165, 1.54) is 0 Å². The van der Waals surface area contributed by atoms with Crippen molar-refractivity contribution in [3.63, 3.8) is 0 Å². The Hall–Kier alpha value is -0.570. The minimum absolute atomic E-state index is 0.00116. The summed E-state index contributed by atoms with van der Waals surface area (Å²) < 4.78 is 4.83. The van der Waals surface area contributed by atoms with Gasteiger partial charge in [-0.05, 0) is 0 Å². The largest absolute Gasteiger partial charge is 0.465 e. The molecule has 3 nitrogen and oxygen atoms in total. The van der Waals surface area contributed by atoms with Crippen LogP contribution in [0, 0.1) is 5.41 Å². The summed E-state index contributed by atoms with van der Waals surface area (Å²) >= 11 is 0. The molecule has 3 heteroatoms. The average molecular weight is 127 g/mol. The van der Waals surface area contributed by atoms with Crippen LogP contribution >= 0.6 is 0 Å². The molecule has 0 aromatic carbocycles. The van der Waals surface area contributed by atoms with Gasteiger partial charge in [0, 0.05) is 19.5 Å². The van der Waals surface area contributed by atoms with Crippen molar-refractivity contribution in [1.29, 1.82) is 0 Å². The van der Waals surface area contributed by atoms with Crippen molar-refractivity contribution in [2.24, 2.45) is 5.41 Å². The van der Waals surface area contributed by atoms with E-state index in [9.17, 15) is 4.79 Å². The first-order chi connectivity index (χ1) is 4.33. The molecule has 2 fully saturated rings. The minimum atomic E-state index is -0.0972. The van der Waals surface area contributed by atoms with Crippen LogP contribution in [0.25, 0.3) is 0 Å². The van der Waals surface area contributed by atoms with Gasteiger partial charge in [0.05, 0.1) is 12.0 Å². The van der Waals surface area contributed by atoms with E-state index in [2.05, 4.69) is 5.32 Å². The molecule has 2 saturated heterocycles. The van der Waals surface area contributed by atoms with E-state index in [0.29, 0.717) is 6.61 Å². The molecule has 0 aromatic heterocycles. The van der Waals surface area contributed by atoms with Crippen LogP contribution in [-0.2, 0) is 9.53 Å². The Morgan fingerprint density at radius 2 is 2.33 bits per heavy atom. The van der Waals surface area contributed by atoms with Gasteiger partial charge in [0.15, 0.2) is 0 Å². The SMILES string of the molecule is O=C1OCCC12CNC2. The number of carbonyl (C=O) groups is 1. The maximum atomic E-state index is 10.9. The maximum Gasteiger partial charge on any atom is 0.314 e. The van der Waals surface area contributed by atoms with E-state index < -0.39 is 0 Å². The first-order valence-electron chi connectivity index (χ1n) is 3.21. The summed E-state index contributed by atoms with van der Waals surface area (Å²) in [6.07, 6.45) is 0.916. The molecule has 0 aromatic rings. The van der Waals surface area contributed by atoms with Gasteiger partial charge in [0.1, 0.15) is 0 Å². The van der Waals surface area contributed by atoms with E-state index in [4.69, 9.17) is 4.74 Å². The third-order valence-electron chi connectivity index (χ3n) is 2.17. The normalized spacial score (nSPS) is 30.0. The van der Waals surface area contributed by atoms with Crippen LogP contribution in [-0.4, -0.2) is 25.7 Å². The number of hydrogen-bond acceptors (Lipinski definition) is 3. The quantitative estimate of drug-likeness (QED) is 0.447. The molecule has 2 rings (SSSR count). The molecule has 50 valence electrons. The Bertz CT molecular complexity index is 151. The third kappa shape index (κ3) is 0.525. The molecule has 0 aliphatic carbocycles. The first-order valence-corrected chi connectivity index (χ1v) is 3.21. The fraction of sp³-hybridized carbons (Fsp3) is 0.833. The number of hydrogen-bond donors (Lipinski definition) is 1. The lowest BCUT2D eigenvalue weighted by Gasteiger charge is -2.34. The highest BCUT2D eigenvalue weighted by Crippen LogP contribution is 2.33. The molecule has 0 radical (unpaired) electrons. The van der Waals surface area contributed by atoms with Gasteiger partial charge in [-0.25, -0.2) is 0 Å². The van der Waals surface area contributed by atoms with Gasteiger partial charge in [-0.3, -0.25) is 4.79 Å². The fourth-order valence-corrected chi connectivity index (χ4v) is 1.34. The van der Waals surface area contributed by atoms with Crippen LogP contribution in [0.2, 0.25) is 0 Å². The Kier molecular flexibility index (Phi) is 0.858. The second-order valence-corrected chi connectivity index (χ2v) is 2.77. The number of esters is 1. The Morgan fingerprint density at radius 3 is 2.56 bits per heavy atom. The highest BCUT2D eigenvalue weighted by Gasteiger charge is 2.49. The lowest BCUT2D eigenvalue weighted by atomic mass is 9.81. The average Bonchev–Trinajstić information content (AvgIpc) is 2.07. The van der Waals surface area contributed by atoms with E-state index in [1.54, 1.807) is 0 Å². The highest BCUT2D eigenvalue weighted by atomic mass is 16.5. The fourth-order valence-electron chi connectivity index (χ4n) is 1.34. The first kappa shape index (κ1) is 5.23. The van der Waals surface area contributed by atoms with Crippen molar-refractivity contribution in [1.82, 2.24) is 5.32 Å². The Labute approximate surface area is 53.4 Å². The number of cyclic esters (lactones) is 1. The van der Waals surface area contributed by atoms with Crippen molar-refractivity contribution in [3.05, 3.63) is 0 Å². The number of ether oxygens (including phenoxy) is 1. The van der Waals surface area contributed by atoms with Crippen LogP contribution in [0.3, 0.4) is 0 Å². The van der Waals surface area contributed by atoms with Crippen LogP contribution in [0.15, 0.2) is 0 Å². The Balaban J connectivity index is 2.17. The van der Waals surface area contributed by atoms with E-state index >= 15 is 0 Å². The van der Waals surface area contributed by atoms with Crippen molar-refractivity contribution in [3.8, 4) is 0 Å². The molecule has 0 atom stereocenters. The molecular formula is C6H9NO2. The van der Waals surface area contributed by atoms with Crippen LogP contribution < -0.4 is 5.32 Å². The topological polar surface area (TPSA) is 38.3 Å². The van der Waals surface area contributed by atoms with Crippen molar-refractivity contribution < 1.29 is 9.53 Å². The monoisotopic (exact) mass is 127 g/mol. The number of nitrogens with one attached hydrogen (secondary N) is 1. The predicted octanol–water partition coefficient (Wildman–Crippen LogP) is -0.477. The summed E-state index contributed by atoms with van der Waals surface area (Å²) in [6.45, 7) is 2.28. The molecule has 0 saturated carbocycles. The van der Waals surface area contributed by atoms with Crippen molar-refractivity contribution in [2.45, 2.75) is 6.42 Å². The van der Waals surface area contributed by atoms with Gasteiger partial charge in [-0.15, -0.1) is 0 Å². The summed E-state index contributed by atoms with van der Waals surface area (Å²) in [5, 5.41) is 3.07. The van der Waals surface area contributed by atoms with E-state index in [0.717, 1.165) is 19.5 Å². The van der Waals surface area contributed by atoms with Crippen LogP contribution in [0.5, 0.6) is 0 Å². The number of rotatable bonds is 0. The van der Waals surface area contributed by atoms with Gasteiger partial charge in [-0.1, -0.05) is 0 Å². The summed E-state index contributed by atoms with van der Waals surface area (Å²) in [4.78, 5) is 10.9. The van der Waals surface area contributed by atoms with E-state index in [1.807, 2.05) is 0 Å². The highest BCUT2D eigenvalue weighted by molar-refractivity contribution is 5.80. The molecule has 0 amide bonds. The van der Waals surface area contributed by atoms with Crippen molar-refractivity contribution in [2.75, 3.05) is 19.7 Å². The van der Waals surface area contributed by atoms with Crippen LogP contribution in [0.1, 0.15) is 6.42 Å². The van der Waals surface area contributed by atoms with Gasteiger partial charge < -0.3 is 10.1 Å². The molecule has 1 spiro atoms. The minimum Gasteiger partial charge on any atom is -0.465 e. The molecule has 2 heterocycles. The zero-order valence-electron chi connectivity index (χ0n) is 5.14. The van der Waals surface area contributed by atoms with Gasteiger partial charge in [-0.2, -0.15) is 0 Å². The summed E-state index contributed by atoms with van der Waals surface area (Å²) in [5.41, 5.74) is -0.0972. The molecule has 2 aliphatic heterocycles. The molecule has 9 heavy (non-hydrogen) atoms. The summed E-state index contributed by atoms with van der Waals surface area (Å²) in [5.74, 6) is 0.00116.